The van der Waals surface area contributed by atoms with Crippen molar-refractivity contribution in [3.8, 4) is 5.75 Å². The largest absolute Gasteiger partial charge is 0.491 e. The Bertz CT molecular complexity index is 507. The molecule has 0 radical (unpaired) electrons. The van der Waals surface area contributed by atoms with Crippen LogP contribution < -0.4 is 10.5 Å². The van der Waals surface area contributed by atoms with Crippen molar-refractivity contribution in [2.75, 3.05) is 0 Å². The lowest BCUT2D eigenvalue weighted by Gasteiger charge is -2.13. The number of thiophene rings is 1. The Labute approximate surface area is 120 Å². The second kappa shape index (κ2) is 5.87. The van der Waals surface area contributed by atoms with Gasteiger partial charge in [0.15, 0.2) is 0 Å². The fourth-order valence-corrected chi connectivity index (χ4v) is 3.15. The molecule has 1 heterocycles. The lowest BCUT2D eigenvalue weighted by molar-refractivity contribution is 0.242. The molecule has 96 valence electrons. The summed E-state index contributed by atoms with van der Waals surface area (Å²) in [5.74, 6) is 0.883. The van der Waals surface area contributed by atoms with Crippen molar-refractivity contribution in [2.45, 2.75) is 26.0 Å². The van der Waals surface area contributed by atoms with Gasteiger partial charge in [0.25, 0.3) is 0 Å². The quantitative estimate of drug-likeness (QED) is 0.907. The van der Waals surface area contributed by atoms with Crippen LogP contribution in [-0.2, 0) is 0 Å². The minimum absolute atomic E-state index is 0.0746. The molecular weight excluding hydrogens is 310 g/mol. The van der Waals surface area contributed by atoms with Gasteiger partial charge in [-0.1, -0.05) is 12.1 Å². The van der Waals surface area contributed by atoms with E-state index in [2.05, 4.69) is 22.0 Å². The molecule has 0 amide bonds. The first kappa shape index (κ1) is 13.6. The summed E-state index contributed by atoms with van der Waals surface area (Å²) >= 11 is 5.11. The molecule has 0 aliphatic carbocycles. The van der Waals surface area contributed by atoms with E-state index in [1.807, 2.05) is 43.5 Å². The molecule has 2 rings (SSSR count). The molecule has 2 N–H and O–H groups in total. The van der Waals surface area contributed by atoms with E-state index >= 15 is 0 Å². The highest BCUT2D eigenvalue weighted by Crippen LogP contribution is 2.29. The fraction of sp³-hybridized carbons (Fsp3) is 0.286. The molecule has 0 saturated carbocycles. The highest BCUT2D eigenvalue weighted by Gasteiger charge is 2.11. The van der Waals surface area contributed by atoms with E-state index in [4.69, 9.17) is 10.5 Å². The number of halogens is 1. The van der Waals surface area contributed by atoms with Crippen LogP contribution in [0, 0.1) is 0 Å². The summed E-state index contributed by atoms with van der Waals surface area (Å²) in [4.78, 5) is 1.15. The molecule has 0 bridgehead atoms. The van der Waals surface area contributed by atoms with Gasteiger partial charge in [-0.25, -0.2) is 0 Å². The Morgan fingerprint density at radius 1 is 1.22 bits per heavy atom. The van der Waals surface area contributed by atoms with Gasteiger partial charge in [-0.15, -0.1) is 11.3 Å². The average molecular weight is 326 g/mol. The Kier molecular flexibility index (Phi) is 4.43. The first-order valence-electron chi connectivity index (χ1n) is 5.82. The lowest BCUT2D eigenvalue weighted by Crippen LogP contribution is -2.10. The van der Waals surface area contributed by atoms with Crippen molar-refractivity contribution in [1.82, 2.24) is 0 Å². The molecule has 0 aliphatic heterocycles. The molecule has 0 saturated heterocycles. The van der Waals surface area contributed by atoms with Gasteiger partial charge in [0, 0.05) is 14.7 Å². The highest BCUT2D eigenvalue weighted by atomic mass is 79.9. The molecule has 1 aromatic heterocycles. The maximum absolute atomic E-state index is 6.23. The molecule has 1 atom stereocenters. The summed E-state index contributed by atoms with van der Waals surface area (Å²) in [5.41, 5.74) is 7.33. The number of nitrogens with two attached hydrogens (primary N) is 1. The number of hydrogen-bond donors (Lipinski definition) is 1. The van der Waals surface area contributed by atoms with Crippen molar-refractivity contribution in [1.29, 1.82) is 0 Å². The fourth-order valence-electron chi connectivity index (χ4n) is 1.68. The molecule has 0 spiro atoms. The zero-order chi connectivity index (χ0) is 13.1. The van der Waals surface area contributed by atoms with Crippen LogP contribution in [0.4, 0.5) is 0 Å². The van der Waals surface area contributed by atoms with Crippen LogP contribution in [-0.4, -0.2) is 6.10 Å². The summed E-state index contributed by atoms with van der Waals surface area (Å²) in [6.07, 6.45) is 0.192. The molecule has 4 heteroatoms. The predicted molar refractivity (Wildman–Crippen MR) is 80.3 cm³/mol. The maximum atomic E-state index is 6.23. The van der Waals surface area contributed by atoms with Gasteiger partial charge in [-0.2, -0.15) is 0 Å². The second-order valence-electron chi connectivity index (χ2n) is 4.38. The number of hydrogen-bond acceptors (Lipinski definition) is 3. The van der Waals surface area contributed by atoms with E-state index in [0.717, 1.165) is 20.7 Å². The maximum Gasteiger partial charge on any atom is 0.119 e. The van der Waals surface area contributed by atoms with Crippen LogP contribution in [0.15, 0.2) is 40.2 Å². The molecular formula is C14H16BrNOS. The van der Waals surface area contributed by atoms with Crippen molar-refractivity contribution in [2.24, 2.45) is 5.73 Å². The van der Waals surface area contributed by atoms with Crippen molar-refractivity contribution in [3.05, 3.63) is 50.6 Å². The third-order valence-electron chi connectivity index (χ3n) is 2.51. The van der Waals surface area contributed by atoms with Gasteiger partial charge >= 0.3 is 0 Å². The Morgan fingerprint density at radius 3 is 2.39 bits per heavy atom. The van der Waals surface area contributed by atoms with E-state index in [1.54, 1.807) is 11.3 Å². The third-order valence-corrected chi connectivity index (χ3v) is 4.28. The normalized spacial score (nSPS) is 12.7. The van der Waals surface area contributed by atoms with Gasteiger partial charge in [0.1, 0.15) is 5.75 Å². The summed E-state index contributed by atoms with van der Waals surface area (Å²) < 4.78 is 6.69. The summed E-state index contributed by atoms with van der Waals surface area (Å²) in [6, 6.07) is 9.98. The van der Waals surface area contributed by atoms with Crippen LogP contribution in [0.3, 0.4) is 0 Å². The Morgan fingerprint density at radius 2 is 1.89 bits per heavy atom. The number of benzene rings is 1. The highest BCUT2D eigenvalue weighted by molar-refractivity contribution is 9.10. The first-order valence-corrected chi connectivity index (χ1v) is 7.49. The smallest absolute Gasteiger partial charge is 0.119 e. The van der Waals surface area contributed by atoms with E-state index in [1.165, 1.54) is 0 Å². The molecule has 0 aliphatic rings. The molecule has 1 unspecified atom stereocenters. The summed E-state index contributed by atoms with van der Waals surface area (Å²) in [7, 11) is 0. The summed E-state index contributed by atoms with van der Waals surface area (Å²) in [6.45, 7) is 4.03. The monoisotopic (exact) mass is 325 g/mol. The van der Waals surface area contributed by atoms with Crippen molar-refractivity contribution < 1.29 is 4.74 Å². The average Bonchev–Trinajstić information content (AvgIpc) is 2.75. The van der Waals surface area contributed by atoms with Crippen LogP contribution in [0.25, 0.3) is 0 Å². The molecule has 18 heavy (non-hydrogen) atoms. The minimum atomic E-state index is -0.0746. The van der Waals surface area contributed by atoms with E-state index < -0.39 is 0 Å². The van der Waals surface area contributed by atoms with Crippen LogP contribution >= 0.6 is 27.3 Å². The zero-order valence-electron chi connectivity index (χ0n) is 10.4. The van der Waals surface area contributed by atoms with Gasteiger partial charge in [-0.3, -0.25) is 0 Å². The van der Waals surface area contributed by atoms with Crippen LogP contribution in [0.5, 0.6) is 5.75 Å². The van der Waals surface area contributed by atoms with Crippen LogP contribution in [0.2, 0.25) is 0 Å². The topological polar surface area (TPSA) is 35.2 Å². The SMILES string of the molecule is CC(C)Oc1ccc(C(N)c2cc(Br)cs2)cc1. The van der Waals surface area contributed by atoms with Crippen LogP contribution in [0.1, 0.15) is 30.3 Å². The van der Waals surface area contributed by atoms with Gasteiger partial charge in [0.05, 0.1) is 12.1 Å². The molecule has 1 aromatic carbocycles. The van der Waals surface area contributed by atoms with E-state index in [0.29, 0.717) is 0 Å². The first-order chi connectivity index (χ1) is 8.56. The van der Waals surface area contributed by atoms with Gasteiger partial charge in [0.2, 0.25) is 0 Å². The molecule has 0 fully saturated rings. The third kappa shape index (κ3) is 3.34. The number of ether oxygens (including phenoxy) is 1. The van der Waals surface area contributed by atoms with E-state index in [9.17, 15) is 0 Å². The lowest BCUT2D eigenvalue weighted by atomic mass is 10.1. The number of rotatable bonds is 4. The van der Waals surface area contributed by atoms with Crippen molar-refractivity contribution in [3.63, 3.8) is 0 Å². The second-order valence-corrected chi connectivity index (χ2v) is 6.24. The van der Waals surface area contributed by atoms with Gasteiger partial charge < -0.3 is 10.5 Å². The zero-order valence-corrected chi connectivity index (χ0v) is 12.8. The summed E-state index contributed by atoms with van der Waals surface area (Å²) in [5, 5.41) is 2.05. The molecule has 2 nitrogen and oxygen atoms in total. The Hall–Kier alpha value is -0.840. The minimum Gasteiger partial charge on any atom is -0.491 e. The van der Waals surface area contributed by atoms with Gasteiger partial charge in [-0.05, 0) is 53.5 Å². The van der Waals surface area contributed by atoms with E-state index in [-0.39, 0.29) is 12.1 Å². The standard InChI is InChI=1S/C14H16BrNOS/c1-9(2)17-12-5-3-10(4-6-12)14(16)13-7-11(15)8-18-13/h3-9,14H,16H2,1-2H3. The Balaban J connectivity index is 2.14. The predicted octanol–water partition coefficient (Wildman–Crippen LogP) is 4.35. The molecule has 2 aromatic rings. The van der Waals surface area contributed by atoms with Crippen molar-refractivity contribution >= 4 is 27.3 Å².